The van der Waals surface area contributed by atoms with Gasteiger partial charge < -0.3 is 14.2 Å². The highest BCUT2D eigenvalue weighted by atomic mass is 16.3. The maximum absolute atomic E-state index is 11.5. The molecule has 1 fully saturated rings. The molecule has 3 aromatic heterocycles. The average Bonchev–Trinajstić information content (AvgIpc) is 3.14. The lowest BCUT2D eigenvalue weighted by molar-refractivity contribution is -0.129. The van der Waals surface area contributed by atoms with Crippen molar-refractivity contribution < 1.29 is 9.21 Å². The molecule has 0 aliphatic carbocycles. The number of rotatable bonds is 3. The molecule has 0 bridgehead atoms. The SMILES string of the molecule is CC(=O)N1CCN(c2ncc(-c3ccccn3)c(-c3ccoc3C)n2)CC1. The summed E-state index contributed by atoms with van der Waals surface area (Å²) in [7, 11) is 0. The second-order valence-corrected chi connectivity index (χ2v) is 6.53. The number of carbonyl (C=O) groups excluding carboxylic acids is 1. The Kier molecular flexibility index (Phi) is 4.58. The predicted molar refractivity (Wildman–Crippen MR) is 102 cm³/mol. The van der Waals surface area contributed by atoms with Crippen LogP contribution in [0.5, 0.6) is 0 Å². The number of furan rings is 1. The van der Waals surface area contributed by atoms with Crippen LogP contribution in [0.1, 0.15) is 12.7 Å². The van der Waals surface area contributed by atoms with Gasteiger partial charge in [-0.2, -0.15) is 0 Å². The summed E-state index contributed by atoms with van der Waals surface area (Å²) >= 11 is 0. The molecule has 0 unspecified atom stereocenters. The second kappa shape index (κ2) is 7.19. The van der Waals surface area contributed by atoms with E-state index in [1.54, 1.807) is 19.4 Å². The monoisotopic (exact) mass is 363 g/mol. The lowest BCUT2D eigenvalue weighted by atomic mass is 10.1. The number of hydrogen-bond donors (Lipinski definition) is 0. The van der Waals surface area contributed by atoms with Gasteiger partial charge in [0.1, 0.15) is 5.76 Å². The fraction of sp³-hybridized carbons (Fsp3) is 0.300. The zero-order valence-corrected chi connectivity index (χ0v) is 15.4. The molecule has 1 aliphatic rings. The Morgan fingerprint density at radius 1 is 1.07 bits per heavy atom. The molecule has 0 saturated carbocycles. The van der Waals surface area contributed by atoms with Crippen molar-refractivity contribution in [3.05, 3.63) is 48.7 Å². The highest BCUT2D eigenvalue weighted by molar-refractivity contribution is 5.80. The topological polar surface area (TPSA) is 75.4 Å². The molecular formula is C20H21N5O2. The van der Waals surface area contributed by atoms with Gasteiger partial charge in [-0.05, 0) is 25.1 Å². The number of pyridine rings is 1. The molecule has 4 heterocycles. The van der Waals surface area contributed by atoms with Gasteiger partial charge in [0.15, 0.2) is 0 Å². The van der Waals surface area contributed by atoms with Crippen molar-refractivity contribution in [2.24, 2.45) is 0 Å². The van der Waals surface area contributed by atoms with Gasteiger partial charge in [-0.3, -0.25) is 9.78 Å². The quantitative estimate of drug-likeness (QED) is 0.712. The first-order chi connectivity index (χ1) is 13.1. The van der Waals surface area contributed by atoms with E-state index in [1.165, 1.54) is 0 Å². The Morgan fingerprint density at radius 2 is 1.89 bits per heavy atom. The van der Waals surface area contributed by atoms with Crippen LogP contribution >= 0.6 is 0 Å². The molecule has 4 rings (SSSR count). The summed E-state index contributed by atoms with van der Waals surface area (Å²) in [5, 5.41) is 0. The number of carbonyl (C=O) groups is 1. The number of hydrogen-bond acceptors (Lipinski definition) is 6. The summed E-state index contributed by atoms with van der Waals surface area (Å²) in [4.78, 5) is 29.4. The maximum atomic E-state index is 11.5. The summed E-state index contributed by atoms with van der Waals surface area (Å²) in [6.07, 6.45) is 5.25. The second-order valence-electron chi connectivity index (χ2n) is 6.53. The highest BCUT2D eigenvalue weighted by Gasteiger charge is 2.23. The fourth-order valence-electron chi connectivity index (χ4n) is 3.29. The van der Waals surface area contributed by atoms with Crippen LogP contribution in [0.3, 0.4) is 0 Å². The van der Waals surface area contributed by atoms with Crippen molar-refractivity contribution in [2.45, 2.75) is 13.8 Å². The molecule has 3 aromatic rings. The van der Waals surface area contributed by atoms with Gasteiger partial charge in [0.05, 0.1) is 17.7 Å². The number of amides is 1. The number of nitrogens with zero attached hydrogens (tertiary/aromatic N) is 5. The summed E-state index contributed by atoms with van der Waals surface area (Å²) in [6.45, 7) is 6.32. The molecule has 1 saturated heterocycles. The Bertz CT molecular complexity index is 946. The first-order valence-electron chi connectivity index (χ1n) is 8.97. The smallest absolute Gasteiger partial charge is 0.226 e. The van der Waals surface area contributed by atoms with Gasteiger partial charge in [-0.25, -0.2) is 9.97 Å². The predicted octanol–water partition coefficient (Wildman–Crippen LogP) is 2.78. The van der Waals surface area contributed by atoms with Crippen LogP contribution in [0.4, 0.5) is 5.95 Å². The third-order valence-electron chi connectivity index (χ3n) is 4.84. The standard InChI is InChI=1S/C20H21N5O2/c1-14-16(6-12-27-14)19-17(18-5-3-4-7-21-18)13-22-20(23-19)25-10-8-24(9-11-25)15(2)26/h3-7,12-13H,8-11H2,1-2H3. The Labute approximate surface area is 157 Å². The molecule has 7 nitrogen and oxygen atoms in total. The van der Waals surface area contributed by atoms with Crippen molar-refractivity contribution in [1.82, 2.24) is 19.9 Å². The number of anilines is 1. The molecule has 27 heavy (non-hydrogen) atoms. The van der Waals surface area contributed by atoms with Crippen LogP contribution in [0.2, 0.25) is 0 Å². The fourth-order valence-corrected chi connectivity index (χ4v) is 3.29. The van der Waals surface area contributed by atoms with Crippen LogP contribution < -0.4 is 4.90 Å². The van der Waals surface area contributed by atoms with Crippen LogP contribution in [0.25, 0.3) is 22.5 Å². The number of piperazine rings is 1. The summed E-state index contributed by atoms with van der Waals surface area (Å²) < 4.78 is 5.50. The Hall–Kier alpha value is -3.22. The zero-order valence-electron chi connectivity index (χ0n) is 15.4. The van der Waals surface area contributed by atoms with Gasteiger partial charge in [-0.1, -0.05) is 6.07 Å². The van der Waals surface area contributed by atoms with E-state index in [0.717, 1.165) is 28.3 Å². The lowest BCUT2D eigenvalue weighted by Crippen LogP contribution is -2.48. The van der Waals surface area contributed by atoms with Crippen molar-refractivity contribution in [3.63, 3.8) is 0 Å². The Balaban J connectivity index is 1.72. The highest BCUT2D eigenvalue weighted by Crippen LogP contribution is 2.32. The van der Waals surface area contributed by atoms with E-state index < -0.39 is 0 Å². The molecule has 7 heteroatoms. The van der Waals surface area contributed by atoms with Gasteiger partial charge in [0.2, 0.25) is 11.9 Å². The minimum Gasteiger partial charge on any atom is -0.469 e. The first kappa shape index (κ1) is 17.2. The molecule has 0 spiro atoms. The van der Waals surface area contributed by atoms with E-state index in [9.17, 15) is 4.79 Å². The third-order valence-corrected chi connectivity index (χ3v) is 4.84. The van der Waals surface area contributed by atoms with Crippen LogP contribution in [0, 0.1) is 6.92 Å². The van der Waals surface area contributed by atoms with Gasteiger partial charge in [0.25, 0.3) is 0 Å². The van der Waals surface area contributed by atoms with Gasteiger partial charge in [-0.15, -0.1) is 0 Å². The van der Waals surface area contributed by atoms with Crippen LogP contribution in [-0.2, 0) is 4.79 Å². The van der Waals surface area contributed by atoms with E-state index in [1.807, 2.05) is 42.3 Å². The Morgan fingerprint density at radius 3 is 2.52 bits per heavy atom. The van der Waals surface area contributed by atoms with E-state index in [4.69, 9.17) is 9.40 Å². The first-order valence-corrected chi connectivity index (χ1v) is 8.97. The van der Waals surface area contributed by atoms with Crippen LogP contribution in [0.15, 0.2) is 47.3 Å². The maximum Gasteiger partial charge on any atom is 0.226 e. The minimum atomic E-state index is 0.107. The van der Waals surface area contributed by atoms with E-state index in [0.29, 0.717) is 32.1 Å². The summed E-state index contributed by atoms with van der Waals surface area (Å²) in [5.74, 6) is 1.57. The number of aryl methyl sites for hydroxylation is 1. The molecule has 138 valence electrons. The van der Waals surface area contributed by atoms with Gasteiger partial charge in [0, 0.05) is 56.6 Å². The van der Waals surface area contributed by atoms with Crippen LogP contribution in [-0.4, -0.2) is 51.9 Å². The van der Waals surface area contributed by atoms with Crippen molar-refractivity contribution in [1.29, 1.82) is 0 Å². The minimum absolute atomic E-state index is 0.107. The molecule has 1 amide bonds. The normalized spacial score (nSPS) is 14.4. The summed E-state index contributed by atoms with van der Waals surface area (Å²) in [5.41, 5.74) is 3.42. The van der Waals surface area contributed by atoms with Crippen molar-refractivity contribution in [3.8, 4) is 22.5 Å². The van der Waals surface area contributed by atoms with E-state index >= 15 is 0 Å². The summed E-state index contributed by atoms with van der Waals surface area (Å²) in [6, 6.07) is 7.70. The molecule has 0 atom stereocenters. The van der Waals surface area contributed by atoms with Crippen molar-refractivity contribution >= 4 is 11.9 Å². The molecule has 0 aromatic carbocycles. The zero-order chi connectivity index (χ0) is 18.8. The molecule has 0 radical (unpaired) electrons. The third kappa shape index (κ3) is 3.40. The largest absolute Gasteiger partial charge is 0.469 e. The molecular weight excluding hydrogens is 342 g/mol. The molecule has 1 aliphatic heterocycles. The molecule has 0 N–H and O–H groups in total. The average molecular weight is 363 g/mol. The van der Waals surface area contributed by atoms with Crippen molar-refractivity contribution in [2.75, 3.05) is 31.1 Å². The lowest BCUT2D eigenvalue weighted by Gasteiger charge is -2.34. The number of aromatic nitrogens is 3. The van der Waals surface area contributed by atoms with Gasteiger partial charge >= 0.3 is 0 Å². The van der Waals surface area contributed by atoms with E-state index in [-0.39, 0.29) is 5.91 Å². The van der Waals surface area contributed by atoms with E-state index in [2.05, 4.69) is 14.9 Å².